The van der Waals surface area contributed by atoms with Gasteiger partial charge in [0.1, 0.15) is 5.52 Å². The third kappa shape index (κ3) is 3.61. The van der Waals surface area contributed by atoms with Crippen molar-refractivity contribution in [2.45, 2.75) is 17.9 Å². The molecule has 3 rings (SSSR count). The van der Waals surface area contributed by atoms with E-state index in [0.717, 1.165) is 21.9 Å². The lowest BCUT2D eigenvalue weighted by atomic mass is 10.2. The first kappa shape index (κ1) is 14.9. The van der Waals surface area contributed by atoms with Gasteiger partial charge in [-0.2, -0.15) is 0 Å². The molecule has 6 heteroatoms. The number of nitrogens with one attached hydrogen (secondary N) is 1. The number of aromatic nitrogens is 1. The summed E-state index contributed by atoms with van der Waals surface area (Å²) in [5, 5.41) is 4.05. The summed E-state index contributed by atoms with van der Waals surface area (Å²) in [6.45, 7) is 1.47. The van der Waals surface area contributed by atoms with Crippen molar-refractivity contribution in [2.75, 3.05) is 5.32 Å². The maximum atomic E-state index is 11.1. The highest BCUT2D eigenvalue weighted by molar-refractivity contribution is 7.98. The Balaban J connectivity index is 1.74. The molecule has 0 fully saturated rings. The number of amides is 1. The largest absolute Gasteiger partial charge is 0.431 e. The van der Waals surface area contributed by atoms with E-state index in [-0.39, 0.29) is 5.91 Å². The summed E-state index contributed by atoms with van der Waals surface area (Å²) in [4.78, 5) is 15.5. The van der Waals surface area contributed by atoms with E-state index in [0.29, 0.717) is 16.5 Å². The molecule has 0 saturated carbocycles. The normalized spacial score (nSPS) is 10.8. The lowest BCUT2D eigenvalue weighted by molar-refractivity contribution is -0.114. The molecular formula is C16H13ClN2O2S. The van der Waals surface area contributed by atoms with E-state index < -0.39 is 0 Å². The lowest BCUT2D eigenvalue weighted by Gasteiger charge is -1.99. The predicted octanol–water partition coefficient (Wildman–Crippen LogP) is 4.73. The summed E-state index contributed by atoms with van der Waals surface area (Å²) in [5.74, 6) is 0.642. The number of benzene rings is 2. The first-order chi connectivity index (χ1) is 10.6. The number of anilines is 1. The van der Waals surface area contributed by atoms with Gasteiger partial charge in [0, 0.05) is 23.4 Å². The quantitative estimate of drug-likeness (QED) is 0.701. The van der Waals surface area contributed by atoms with Gasteiger partial charge in [0.05, 0.1) is 0 Å². The molecule has 1 amide bonds. The highest BCUT2D eigenvalue weighted by atomic mass is 35.5. The number of fused-ring (bicyclic) bond motifs is 1. The summed E-state index contributed by atoms with van der Waals surface area (Å²) in [7, 11) is 0. The molecule has 0 aliphatic carbocycles. The Hall–Kier alpha value is -1.98. The van der Waals surface area contributed by atoms with E-state index in [1.807, 2.05) is 24.3 Å². The Morgan fingerprint density at radius 3 is 2.77 bits per heavy atom. The zero-order valence-corrected chi connectivity index (χ0v) is 13.4. The molecule has 1 heterocycles. The van der Waals surface area contributed by atoms with Crippen LogP contribution < -0.4 is 5.32 Å². The Morgan fingerprint density at radius 1 is 1.27 bits per heavy atom. The number of hydrogen-bond acceptors (Lipinski definition) is 4. The maximum absolute atomic E-state index is 11.1. The highest BCUT2D eigenvalue weighted by Gasteiger charge is 2.08. The molecule has 4 nitrogen and oxygen atoms in total. The van der Waals surface area contributed by atoms with Crippen LogP contribution in [0.25, 0.3) is 11.1 Å². The summed E-state index contributed by atoms with van der Waals surface area (Å²) >= 11 is 7.38. The van der Waals surface area contributed by atoms with Gasteiger partial charge in [0.2, 0.25) is 5.91 Å². The average molecular weight is 333 g/mol. The van der Waals surface area contributed by atoms with Gasteiger partial charge in [0.25, 0.3) is 5.22 Å². The van der Waals surface area contributed by atoms with Crippen LogP contribution in [0.3, 0.4) is 0 Å². The first-order valence-electron chi connectivity index (χ1n) is 6.65. The second kappa shape index (κ2) is 6.42. The average Bonchev–Trinajstić information content (AvgIpc) is 2.88. The fourth-order valence-electron chi connectivity index (χ4n) is 1.97. The van der Waals surface area contributed by atoms with Crippen LogP contribution >= 0.6 is 23.4 Å². The van der Waals surface area contributed by atoms with Gasteiger partial charge >= 0.3 is 0 Å². The molecule has 0 atom stereocenters. The zero-order valence-electron chi connectivity index (χ0n) is 11.8. The minimum absolute atomic E-state index is 0.111. The molecule has 112 valence electrons. The first-order valence-corrected chi connectivity index (χ1v) is 8.02. The summed E-state index contributed by atoms with van der Waals surface area (Å²) in [5.41, 5.74) is 3.29. The number of hydrogen-bond donors (Lipinski definition) is 1. The Labute approximate surface area is 136 Å². The number of halogens is 1. The molecule has 0 spiro atoms. The lowest BCUT2D eigenvalue weighted by Crippen LogP contribution is -2.05. The van der Waals surface area contributed by atoms with Gasteiger partial charge < -0.3 is 9.73 Å². The zero-order chi connectivity index (χ0) is 15.5. The summed E-state index contributed by atoms with van der Waals surface area (Å²) in [6.07, 6.45) is 0. The van der Waals surface area contributed by atoms with Crippen LogP contribution in [0.4, 0.5) is 5.69 Å². The smallest absolute Gasteiger partial charge is 0.257 e. The van der Waals surface area contributed by atoms with Gasteiger partial charge in [-0.3, -0.25) is 4.79 Å². The molecule has 3 aromatic rings. The van der Waals surface area contributed by atoms with Crippen LogP contribution in [-0.2, 0) is 10.5 Å². The second-order valence-corrected chi connectivity index (χ2v) is 6.12. The van der Waals surface area contributed by atoms with Crippen molar-refractivity contribution in [3.63, 3.8) is 0 Å². The number of carbonyl (C=O) groups is 1. The fraction of sp³-hybridized carbons (Fsp3) is 0.125. The molecule has 0 saturated heterocycles. The molecule has 1 aromatic heterocycles. The molecule has 1 N–H and O–H groups in total. The van der Waals surface area contributed by atoms with Crippen LogP contribution in [0.1, 0.15) is 12.5 Å². The van der Waals surface area contributed by atoms with Crippen LogP contribution in [-0.4, -0.2) is 10.9 Å². The Kier molecular flexibility index (Phi) is 4.36. The van der Waals surface area contributed by atoms with E-state index in [1.54, 1.807) is 18.2 Å². The number of carbonyl (C=O) groups excluding carboxylic acids is 1. The molecule has 0 aliphatic rings. The van der Waals surface area contributed by atoms with Crippen LogP contribution in [0, 0.1) is 0 Å². The van der Waals surface area contributed by atoms with Crippen molar-refractivity contribution in [1.29, 1.82) is 0 Å². The van der Waals surface area contributed by atoms with Crippen molar-refractivity contribution in [2.24, 2.45) is 0 Å². The highest BCUT2D eigenvalue weighted by Crippen LogP contribution is 2.28. The van der Waals surface area contributed by atoms with E-state index in [9.17, 15) is 4.79 Å². The number of thioether (sulfide) groups is 1. The van der Waals surface area contributed by atoms with E-state index in [4.69, 9.17) is 16.0 Å². The molecular weight excluding hydrogens is 320 g/mol. The van der Waals surface area contributed by atoms with E-state index in [2.05, 4.69) is 10.3 Å². The molecule has 0 unspecified atom stereocenters. The van der Waals surface area contributed by atoms with E-state index in [1.165, 1.54) is 18.7 Å². The van der Waals surface area contributed by atoms with E-state index >= 15 is 0 Å². The SMILES string of the molecule is CC(=O)Nc1ccc2oc(SCc3ccc(Cl)cc3)nc2c1. The number of oxazole rings is 1. The van der Waals surface area contributed by atoms with Crippen molar-refractivity contribution in [3.8, 4) is 0 Å². The van der Waals surface area contributed by atoms with Gasteiger partial charge in [0.15, 0.2) is 5.58 Å². The minimum Gasteiger partial charge on any atom is -0.431 e. The molecule has 22 heavy (non-hydrogen) atoms. The van der Waals surface area contributed by atoms with Crippen molar-refractivity contribution >= 4 is 46.1 Å². The monoisotopic (exact) mass is 332 g/mol. The molecule has 0 aliphatic heterocycles. The van der Waals surface area contributed by atoms with Crippen LogP contribution in [0.15, 0.2) is 52.1 Å². The van der Waals surface area contributed by atoms with Gasteiger partial charge in [-0.1, -0.05) is 35.5 Å². The van der Waals surface area contributed by atoms with Gasteiger partial charge in [-0.15, -0.1) is 0 Å². The summed E-state index contributed by atoms with van der Waals surface area (Å²) in [6, 6.07) is 13.1. The Morgan fingerprint density at radius 2 is 2.05 bits per heavy atom. The number of nitrogens with zero attached hydrogens (tertiary/aromatic N) is 1. The third-order valence-electron chi connectivity index (χ3n) is 2.96. The standard InChI is InChI=1S/C16H13ClN2O2S/c1-10(20)18-13-6-7-15-14(8-13)19-16(21-15)22-9-11-2-4-12(17)5-3-11/h2-8H,9H2,1H3,(H,18,20). The molecule has 0 bridgehead atoms. The van der Waals surface area contributed by atoms with Gasteiger partial charge in [-0.05, 0) is 35.9 Å². The van der Waals surface area contributed by atoms with Crippen LogP contribution in [0.2, 0.25) is 5.02 Å². The van der Waals surface area contributed by atoms with Crippen molar-refractivity contribution in [1.82, 2.24) is 4.98 Å². The van der Waals surface area contributed by atoms with Gasteiger partial charge in [-0.25, -0.2) is 4.98 Å². The third-order valence-corrected chi connectivity index (χ3v) is 4.12. The predicted molar refractivity (Wildman–Crippen MR) is 89.3 cm³/mol. The molecule has 2 aromatic carbocycles. The van der Waals surface area contributed by atoms with Crippen LogP contribution in [0.5, 0.6) is 0 Å². The molecule has 0 radical (unpaired) electrons. The Bertz CT molecular complexity index is 815. The minimum atomic E-state index is -0.111. The maximum Gasteiger partial charge on any atom is 0.257 e. The van der Waals surface area contributed by atoms with Crippen molar-refractivity contribution in [3.05, 3.63) is 53.1 Å². The fourth-order valence-corrected chi connectivity index (χ4v) is 2.89. The second-order valence-electron chi connectivity index (χ2n) is 4.76. The van der Waals surface area contributed by atoms with Crippen molar-refractivity contribution < 1.29 is 9.21 Å². The topological polar surface area (TPSA) is 55.1 Å². The summed E-state index contributed by atoms with van der Waals surface area (Å²) < 4.78 is 5.69. The number of rotatable bonds is 4.